The predicted molar refractivity (Wildman–Crippen MR) is 94.4 cm³/mol. The molecule has 0 saturated carbocycles. The van der Waals surface area contributed by atoms with Gasteiger partial charge in [0.25, 0.3) is 0 Å². The fourth-order valence-corrected chi connectivity index (χ4v) is 3.04. The van der Waals surface area contributed by atoms with E-state index in [1.165, 1.54) is 18.2 Å². The molecule has 0 bridgehead atoms. The van der Waals surface area contributed by atoms with Gasteiger partial charge in [0.1, 0.15) is 5.58 Å². The van der Waals surface area contributed by atoms with E-state index in [1.54, 1.807) is 18.2 Å². The van der Waals surface area contributed by atoms with Crippen molar-refractivity contribution in [2.45, 2.75) is 4.90 Å². The van der Waals surface area contributed by atoms with Gasteiger partial charge in [0, 0.05) is 21.6 Å². The lowest BCUT2D eigenvalue weighted by Crippen LogP contribution is -2.19. The molecule has 3 rings (SSSR count). The Hall–Kier alpha value is -2.36. The highest BCUT2D eigenvalue weighted by Gasteiger charge is 2.11. The zero-order chi connectivity index (χ0) is 17.3. The highest BCUT2D eigenvalue weighted by molar-refractivity contribution is 9.10. The van der Waals surface area contributed by atoms with Crippen LogP contribution < -0.4 is 15.8 Å². The number of hydrogen-bond donors (Lipinski definition) is 3. The van der Waals surface area contributed by atoms with E-state index in [0.29, 0.717) is 5.58 Å². The summed E-state index contributed by atoms with van der Waals surface area (Å²) in [6.45, 7) is 0. The van der Waals surface area contributed by atoms with E-state index >= 15 is 0 Å². The van der Waals surface area contributed by atoms with Crippen molar-refractivity contribution >= 4 is 54.5 Å². The summed E-state index contributed by atoms with van der Waals surface area (Å²) in [7, 11) is -3.84. The number of halogens is 1. The number of amides is 2. The second kappa shape index (κ2) is 6.27. The Labute approximate surface area is 146 Å². The zero-order valence-electron chi connectivity index (χ0n) is 12.1. The zero-order valence-corrected chi connectivity index (χ0v) is 14.5. The van der Waals surface area contributed by atoms with Crippen molar-refractivity contribution in [3.63, 3.8) is 0 Å². The number of urea groups is 1. The molecule has 0 saturated heterocycles. The first-order chi connectivity index (χ1) is 11.3. The van der Waals surface area contributed by atoms with Gasteiger partial charge in [-0.15, -0.1) is 0 Å². The van der Waals surface area contributed by atoms with E-state index in [0.717, 1.165) is 9.86 Å². The number of hydrogen-bond acceptors (Lipinski definition) is 4. The van der Waals surface area contributed by atoms with Crippen LogP contribution in [0, 0.1) is 0 Å². The smallest absolute Gasteiger partial charge is 0.326 e. The SMILES string of the molecule is NS(=O)(=O)c1cccc(NC(=O)Nc2cc3cc(Br)ccc3o2)c1. The molecule has 0 aliphatic rings. The molecular weight excluding hydrogens is 398 g/mol. The molecule has 0 aliphatic heterocycles. The van der Waals surface area contributed by atoms with E-state index in [4.69, 9.17) is 9.56 Å². The van der Waals surface area contributed by atoms with E-state index in [1.807, 2.05) is 12.1 Å². The van der Waals surface area contributed by atoms with Gasteiger partial charge in [-0.2, -0.15) is 0 Å². The third-order valence-corrected chi connectivity index (χ3v) is 4.54. The Morgan fingerprint density at radius 3 is 2.62 bits per heavy atom. The number of fused-ring (bicyclic) bond motifs is 1. The molecule has 2 aromatic carbocycles. The molecule has 0 radical (unpaired) electrons. The second-order valence-electron chi connectivity index (χ2n) is 4.94. The molecule has 0 aliphatic carbocycles. The molecule has 4 N–H and O–H groups in total. The van der Waals surface area contributed by atoms with Crippen LogP contribution in [0.3, 0.4) is 0 Å². The van der Waals surface area contributed by atoms with Gasteiger partial charge in [-0.05, 0) is 36.4 Å². The predicted octanol–water partition coefficient (Wildman–Crippen LogP) is 3.49. The number of furan rings is 1. The minimum absolute atomic E-state index is 0.0890. The highest BCUT2D eigenvalue weighted by Crippen LogP contribution is 2.26. The summed E-state index contributed by atoms with van der Waals surface area (Å²) in [6, 6.07) is 12.2. The van der Waals surface area contributed by atoms with Crippen LogP contribution in [0.1, 0.15) is 0 Å². The number of primary sulfonamides is 1. The van der Waals surface area contributed by atoms with E-state index in [-0.39, 0.29) is 16.5 Å². The van der Waals surface area contributed by atoms with Gasteiger partial charge < -0.3 is 9.73 Å². The number of nitrogens with two attached hydrogens (primary N) is 1. The molecular formula is C15H12BrN3O4S. The first kappa shape index (κ1) is 16.5. The van der Waals surface area contributed by atoms with E-state index in [9.17, 15) is 13.2 Å². The molecule has 9 heteroatoms. The van der Waals surface area contributed by atoms with E-state index < -0.39 is 16.1 Å². The maximum absolute atomic E-state index is 12.0. The van der Waals surface area contributed by atoms with Crippen LogP contribution in [0.15, 0.2) is 62.3 Å². The minimum Gasteiger partial charge on any atom is -0.440 e. The summed E-state index contributed by atoms with van der Waals surface area (Å²) in [6.07, 6.45) is 0. The summed E-state index contributed by atoms with van der Waals surface area (Å²) >= 11 is 3.36. The lowest BCUT2D eigenvalue weighted by Gasteiger charge is -2.06. The Kier molecular flexibility index (Phi) is 4.31. The number of benzene rings is 2. The van der Waals surface area contributed by atoms with Crippen LogP contribution in [0.25, 0.3) is 11.0 Å². The van der Waals surface area contributed by atoms with Crippen LogP contribution in [-0.2, 0) is 10.0 Å². The largest absolute Gasteiger partial charge is 0.440 e. The number of nitrogens with one attached hydrogen (secondary N) is 2. The Morgan fingerprint density at radius 2 is 1.88 bits per heavy atom. The van der Waals surface area contributed by atoms with Crippen molar-refractivity contribution in [2.75, 3.05) is 10.6 Å². The number of anilines is 2. The average molecular weight is 410 g/mol. The third kappa shape index (κ3) is 3.75. The number of rotatable bonds is 3. The quantitative estimate of drug-likeness (QED) is 0.613. The van der Waals surface area contributed by atoms with Crippen LogP contribution in [0.5, 0.6) is 0 Å². The normalized spacial score (nSPS) is 11.4. The van der Waals surface area contributed by atoms with Gasteiger partial charge in [0.15, 0.2) is 0 Å². The van der Waals surface area contributed by atoms with Crippen molar-refractivity contribution in [1.29, 1.82) is 0 Å². The van der Waals surface area contributed by atoms with Crippen molar-refractivity contribution in [2.24, 2.45) is 5.14 Å². The Bertz CT molecular complexity index is 1030. The lowest BCUT2D eigenvalue weighted by atomic mass is 10.3. The first-order valence-corrected chi connectivity index (χ1v) is 9.05. The molecule has 0 atom stereocenters. The molecule has 7 nitrogen and oxygen atoms in total. The summed E-state index contributed by atoms with van der Waals surface area (Å²) < 4.78 is 29.0. The molecule has 0 fully saturated rings. The lowest BCUT2D eigenvalue weighted by molar-refractivity contribution is 0.261. The number of carbonyl (C=O) groups is 1. The number of sulfonamides is 1. The van der Waals surface area contributed by atoms with Crippen molar-refractivity contribution in [3.8, 4) is 0 Å². The fraction of sp³-hybridized carbons (Fsp3) is 0. The molecule has 1 aromatic heterocycles. The van der Waals surface area contributed by atoms with Gasteiger partial charge in [0.2, 0.25) is 15.9 Å². The maximum Gasteiger partial charge on any atom is 0.326 e. The van der Waals surface area contributed by atoms with Gasteiger partial charge in [0.05, 0.1) is 4.90 Å². The Balaban J connectivity index is 1.75. The minimum atomic E-state index is -3.84. The molecule has 2 amide bonds. The number of carbonyl (C=O) groups excluding carboxylic acids is 1. The Morgan fingerprint density at radius 1 is 1.08 bits per heavy atom. The van der Waals surface area contributed by atoms with Crippen molar-refractivity contribution < 1.29 is 17.6 Å². The molecule has 1 heterocycles. The third-order valence-electron chi connectivity index (χ3n) is 3.14. The van der Waals surface area contributed by atoms with Gasteiger partial charge >= 0.3 is 6.03 Å². The average Bonchev–Trinajstić information content (AvgIpc) is 2.87. The molecule has 3 aromatic rings. The standard InChI is InChI=1S/C15H12BrN3O4S/c16-10-4-5-13-9(6-10)7-14(23-13)19-15(20)18-11-2-1-3-12(8-11)24(17,21)22/h1-8H,(H2,17,21,22)(H2,18,19,20). The molecule has 124 valence electrons. The van der Waals surface area contributed by atoms with Crippen molar-refractivity contribution in [3.05, 3.63) is 53.0 Å². The van der Waals surface area contributed by atoms with Gasteiger partial charge in [-0.3, -0.25) is 5.32 Å². The van der Waals surface area contributed by atoms with Crippen LogP contribution in [0.4, 0.5) is 16.4 Å². The molecule has 0 spiro atoms. The summed E-state index contributed by atoms with van der Waals surface area (Å²) in [5.74, 6) is 0.267. The van der Waals surface area contributed by atoms with Gasteiger partial charge in [-0.1, -0.05) is 22.0 Å². The van der Waals surface area contributed by atoms with Gasteiger partial charge in [-0.25, -0.2) is 18.4 Å². The summed E-state index contributed by atoms with van der Waals surface area (Å²) in [5.41, 5.74) is 0.919. The van der Waals surface area contributed by atoms with Crippen molar-refractivity contribution in [1.82, 2.24) is 0 Å². The second-order valence-corrected chi connectivity index (χ2v) is 7.42. The van der Waals surface area contributed by atoms with Crippen LogP contribution in [-0.4, -0.2) is 14.4 Å². The maximum atomic E-state index is 12.0. The van der Waals surface area contributed by atoms with E-state index in [2.05, 4.69) is 26.6 Å². The molecule has 24 heavy (non-hydrogen) atoms. The van der Waals surface area contributed by atoms with Crippen LogP contribution >= 0.6 is 15.9 Å². The fourth-order valence-electron chi connectivity index (χ4n) is 2.10. The highest BCUT2D eigenvalue weighted by atomic mass is 79.9. The monoisotopic (exact) mass is 409 g/mol. The molecule has 0 unspecified atom stereocenters. The van der Waals surface area contributed by atoms with Crippen LogP contribution in [0.2, 0.25) is 0 Å². The first-order valence-electron chi connectivity index (χ1n) is 6.71. The summed E-state index contributed by atoms with van der Waals surface area (Å²) in [5, 5.41) is 11.0. The topological polar surface area (TPSA) is 114 Å². The summed E-state index contributed by atoms with van der Waals surface area (Å²) in [4.78, 5) is 11.9.